The summed E-state index contributed by atoms with van der Waals surface area (Å²) in [4.78, 5) is 11.1. The van der Waals surface area contributed by atoms with E-state index >= 15 is 0 Å². The number of aromatic carboxylic acids is 1. The molecule has 0 aromatic heterocycles. The van der Waals surface area contributed by atoms with Gasteiger partial charge in [0.2, 0.25) is 0 Å². The Kier molecular flexibility index (Phi) is 6.77. The molecule has 150 valence electrons. The molecule has 0 atom stereocenters. The van der Waals surface area contributed by atoms with E-state index in [0.29, 0.717) is 24.7 Å². The molecule has 0 heterocycles. The van der Waals surface area contributed by atoms with Gasteiger partial charge in [-0.25, -0.2) is 4.79 Å². The number of ether oxygens (including phenoxy) is 2. The average molecular weight is 456 g/mol. The predicted octanol–water partition coefficient (Wildman–Crippen LogP) is 5.66. The SMILES string of the molecule is COc1cc(CNc2ccc(C(=O)O)cc2C)c(Br)cc1OCc1ccccc1. The summed E-state index contributed by atoms with van der Waals surface area (Å²) in [6.45, 7) is 2.88. The summed E-state index contributed by atoms with van der Waals surface area (Å²) < 4.78 is 12.3. The highest BCUT2D eigenvalue weighted by molar-refractivity contribution is 9.10. The van der Waals surface area contributed by atoms with Crippen LogP contribution in [-0.4, -0.2) is 18.2 Å². The van der Waals surface area contributed by atoms with Crippen molar-refractivity contribution in [1.29, 1.82) is 0 Å². The van der Waals surface area contributed by atoms with Crippen molar-refractivity contribution in [2.75, 3.05) is 12.4 Å². The van der Waals surface area contributed by atoms with E-state index in [0.717, 1.165) is 26.9 Å². The Labute approximate surface area is 178 Å². The second kappa shape index (κ2) is 9.47. The van der Waals surface area contributed by atoms with Gasteiger partial charge >= 0.3 is 5.97 Å². The van der Waals surface area contributed by atoms with Crippen LogP contribution in [0.15, 0.2) is 65.1 Å². The number of nitrogens with one attached hydrogen (secondary N) is 1. The molecule has 0 fully saturated rings. The molecule has 0 aliphatic rings. The molecule has 3 rings (SSSR count). The molecule has 0 spiro atoms. The van der Waals surface area contributed by atoms with E-state index in [1.165, 1.54) is 0 Å². The van der Waals surface area contributed by atoms with Crippen LogP contribution in [0.4, 0.5) is 5.69 Å². The van der Waals surface area contributed by atoms with Crippen LogP contribution in [-0.2, 0) is 13.2 Å². The van der Waals surface area contributed by atoms with Gasteiger partial charge < -0.3 is 19.9 Å². The predicted molar refractivity (Wildman–Crippen MR) is 117 cm³/mol. The Balaban J connectivity index is 1.72. The lowest BCUT2D eigenvalue weighted by molar-refractivity contribution is 0.0697. The van der Waals surface area contributed by atoms with Gasteiger partial charge in [-0.1, -0.05) is 46.3 Å². The first-order valence-electron chi connectivity index (χ1n) is 9.09. The van der Waals surface area contributed by atoms with Crippen molar-refractivity contribution >= 4 is 27.6 Å². The van der Waals surface area contributed by atoms with Crippen LogP contribution < -0.4 is 14.8 Å². The molecular formula is C23H22BrNO4. The van der Waals surface area contributed by atoms with Gasteiger partial charge in [0.15, 0.2) is 11.5 Å². The van der Waals surface area contributed by atoms with Gasteiger partial charge in [-0.15, -0.1) is 0 Å². The average Bonchev–Trinajstić information content (AvgIpc) is 2.72. The van der Waals surface area contributed by atoms with Crippen molar-refractivity contribution in [3.63, 3.8) is 0 Å². The van der Waals surface area contributed by atoms with Crippen LogP contribution in [0.3, 0.4) is 0 Å². The second-order valence-electron chi connectivity index (χ2n) is 6.56. The largest absolute Gasteiger partial charge is 0.493 e. The van der Waals surface area contributed by atoms with E-state index in [4.69, 9.17) is 14.6 Å². The Morgan fingerprint density at radius 2 is 1.83 bits per heavy atom. The van der Waals surface area contributed by atoms with Crippen LogP contribution in [0.25, 0.3) is 0 Å². The van der Waals surface area contributed by atoms with Gasteiger partial charge in [0.1, 0.15) is 6.61 Å². The highest BCUT2D eigenvalue weighted by Crippen LogP contribution is 2.34. The molecule has 0 bridgehead atoms. The third-order valence-corrected chi connectivity index (χ3v) is 5.25. The van der Waals surface area contributed by atoms with Crippen molar-refractivity contribution in [1.82, 2.24) is 0 Å². The lowest BCUT2D eigenvalue weighted by atomic mass is 10.1. The summed E-state index contributed by atoms with van der Waals surface area (Å²) in [5, 5.41) is 12.4. The Morgan fingerprint density at radius 1 is 1.07 bits per heavy atom. The Morgan fingerprint density at radius 3 is 2.48 bits per heavy atom. The molecule has 2 N–H and O–H groups in total. The van der Waals surface area contributed by atoms with Gasteiger partial charge in [-0.05, 0) is 53.9 Å². The molecule has 3 aromatic carbocycles. The number of hydrogen-bond acceptors (Lipinski definition) is 4. The van der Waals surface area contributed by atoms with Crippen molar-refractivity contribution in [3.05, 3.63) is 87.4 Å². The van der Waals surface area contributed by atoms with Crippen LogP contribution in [0.5, 0.6) is 11.5 Å². The molecule has 29 heavy (non-hydrogen) atoms. The number of rotatable bonds is 8. The maximum absolute atomic E-state index is 11.1. The number of benzene rings is 3. The van der Waals surface area contributed by atoms with Crippen LogP contribution in [0.1, 0.15) is 27.0 Å². The first-order valence-corrected chi connectivity index (χ1v) is 9.88. The number of anilines is 1. The third kappa shape index (κ3) is 5.29. The van der Waals surface area contributed by atoms with Gasteiger partial charge in [-0.3, -0.25) is 0 Å². The molecule has 6 heteroatoms. The number of methoxy groups -OCH3 is 1. The molecule has 5 nitrogen and oxygen atoms in total. The number of aryl methyl sites for hydroxylation is 1. The molecule has 3 aromatic rings. The highest BCUT2D eigenvalue weighted by Gasteiger charge is 2.12. The monoisotopic (exact) mass is 455 g/mol. The van der Waals surface area contributed by atoms with E-state index in [-0.39, 0.29) is 5.56 Å². The van der Waals surface area contributed by atoms with Crippen molar-refractivity contribution in [3.8, 4) is 11.5 Å². The molecule has 0 amide bonds. The minimum atomic E-state index is -0.932. The van der Waals surface area contributed by atoms with E-state index in [1.807, 2.05) is 49.4 Å². The first kappa shape index (κ1) is 20.7. The summed E-state index contributed by atoms with van der Waals surface area (Å²) >= 11 is 3.61. The fourth-order valence-electron chi connectivity index (χ4n) is 2.91. The lowest BCUT2D eigenvalue weighted by Crippen LogP contribution is -2.05. The van der Waals surface area contributed by atoms with Gasteiger partial charge in [-0.2, -0.15) is 0 Å². The maximum atomic E-state index is 11.1. The highest BCUT2D eigenvalue weighted by atomic mass is 79.9. The van der Waals surface area contributed by atoms with E-state index < -0.39 is 5.97 Å². The number of carboxylic acid groups (broad SMARTS) is 1. The Bertz CT molecular complexity index is 1010. The molecule has 0 radical (unpaired) electrons. The number of carbonyl (C=O) groups is 1. The number of carboxylic acids is 1. The summed E-state index contributed by atoms with van der Waals surface area (Å²) in [5.74, 6) is 0.381. The van der Waals surface area contributed by atoms with Crippen LogP contribution in [0, 0.1) is 6.92 Å². The molecule has 0 unspecified atom stereocenters. The summed E-state index contributed by atoms with van der Waals surface area (Å²) in [6.07, 6.45) is 0. The van der Waals surface area contributed by atoms with Gasteiger partial charge in [0, 0.05) is 16.7 Å². The minimum Gasteiger partial charge on any atom is -0.493 e. The molecule has 0 aliphatic carbocycles. The lowest BCUT2D eigenvalue weighted by Gasteiger charge is -2.16. The van der Waals surface area contributed by atoms with E-state index in [1.54, 1.807) is 25.3 Å². The minimum absolute atomic E-state index is 0.274. The van der Waals surface area contributed by atoms with Gasteiger partial charge in [0.25, 0.3) is 0 Å². The summed E-state index contributed by atoms with van der Waals surface area (Å²) in [6, 6.07) is 18.8. The topological polar surface area (TPSA) is 67.8 Å². The zero-order chi connectivity index (χ0) is 20.8. The van der Waals surface area contributed by atoms with Gasteiger partial charge in [0.05, 0.1) is 12.7 Å². The quantitative estimate of drug-likeness (QED) is 0.458. The van der Waals surface area contributed by atoms with Crippen molar-refractivity contribution in [2.45, 2.75) is 20.1 Å². The smallest absolute Gasteiger partial charge is 0.335 e. The number of hydrogen-bond donors (Lipinski definition) is 2. The third-order valence-electron chi connectivity index (χ3n) is 4.51. The van der Waals surface area contributed by atoms with Crippen molar-refractivity contribution in [2.24, 2.45) is 0 Å². The molecule has 0 aliphatic heterocycles. The number of halogens is 1. The maximum Gasteiger partial charge on any atom is 0.335 e. The van der Waals surface area contributed by atoms with E-state index in [2.05, 4.69) is 21.2 Å². The van der Waals surface area contributed by atoms with Crippen molar-refractivity contribution < 1.29 is 19.4 Å². The second-order valence-corrected chi connectivity index (χ2v) is 7.41. The van der Waals surface area contributed by atoms with Crippen LogP contribution in [0.2, 0.25) is 0 Å². The zero-order valence-corrected chi connectivity index (χ0v) is 17.8. The summed E-state index contributed by atoms with van der Waals surface area (Å²) in [5.41, 5.74) is 4.10. The fourth-order valence-corrected chi connectivity index (χ4v) is 3.37. The summed E-state index contributed by atoms with van der Waals surface area (Å²) in [7, 11) is 1.62. The van der Waals surface area contributed by atoms with E-state index in [9.17, 15) is 4.79 Å². The molecule has 0 saturated carbocycles. The first-order chi connectivity index (χ1) is 14.0. The molecular weight excluding hydrogens is 434 g/mol. The van der Waals surface area contributed by atoms with Crippen LogP contribution >= 0.6 is 15.9 Å². The molecule has 0 saturated heterocycles. The zero-order valence-electron chi connectivity index (χ0n) is 16.2. The Hall–Kier alpha value is -2.99. The normalized spacial score (nSPS) is 10.4. The standard InChI is InChI=1S/C23H22BrNO4/c1-15-10-17(23(26)27)8-9-20(15)25-13-18-11-21(28-2)22(12-19(18)24)29-14-16-6-4-3-5-7-16/h3-12,25H,13-14H2,1-2H3,(H,26,27). The fraction of sp³-hybridized carbons (Fsp3) is 0.174.